The van der Waals surface area contributed by atoms with Gasteiger partial charge in [0.25, 0.3) is 5.91 Å². The Morgan fingerprint density at radius 1 is 1.38 bits per heavy atom. The van der Waals surface area contributed by atoms with E-state index in [1.54, 1.807) is 31.5 Å². The minimum absolute atomic E-state index is 0.110. The number of carbonyl (C=O) groups excluding carboxylic acids is 1. The van der Waals surface area contributed by atoms with E-state index in [-0.39, 0.29) is 49.0 Å². The van der Waals surface area contributed by atoms with Crippen molar-refractivity contribution in [2.75, 3.05) is 25.4 Å². The third-order valence-corrected chi connectivity index (χ3v) is 7.92. The van der Waals surface area contributed by atoms with Gasteiger partial charge in [-0.3, -0.25) is 4.79 Å². The molecule has 0 aliphatic carbocycles. The lowest BCUT2D eigenvalue weighted by molar-refractivity contribution is 0.0374. The zero-order valence-corrected chi connectivity index (χ0v) is 15.1. The number of aromatic nitrogens is 2. The lowest BCUT2D eigenvalue weighted by atomic mass is 9.83. The Kier molecular flexibility index (Phi) is 3.98. The van der Waals surface area contributed by atoms with Crippen molar-refractivity contribution in [2.45, 2.75) is 18.1 Å². The number of ether oxygens (including phenoxy) is 1. The molecule has 0 radical (unpaired) electrons. The SMILES string of the molecule is Cc1ccoc1C(=O)N1CC2(C1)[C@H](COc1ncccn1)CCS2(=O)=O. The summed E-state index contributed by atoms with van der Waals surface area (Å²) in [7, 11) is -3.29. The molecular weight excluding hydrogens is 358 g/mol. The Bertz CT molecular complexity index is 919. The molecule has 0 N–H and O–H groups in total. The van der Waals surface area contributed by atoms with Crippen LogP contribution in [-0.4, -0.2) is 59.4 Å². The fraction of sp³-hybridized carbons (Fsp3) is 0.471. The van der Waals surface area contributed by atoms with Crippen LogP contribution in [-0.2, 0) is 9.84 Å². The summed E-state index contributed by atoms with van der Waals surface area (Å²) < 4.78 is 35.2. The van der Waals surface area contributed by atoms with Crippen LogP contribution >= 0.6 is 0 Å². The summed E-state index contributed by atoms with van der Waals surface area (Å²) in [6.07, 6.45) is 5.11. The summed E-state index contributed by atoms with van der Waals surface area (Å²) in [5.41, 5.74) is 0.742. The molecule has 2 aliphatic heterocycles. The van der Waals surface area contributed by atoms with Crippen molar-refractivity contribution < 1.29 is 22.4 Å². The van der Waals surface area contributed by atoms with E-state index in [0.29, 0.717) is 6.42 Å². The highest BCUT2D eigenvalue weighted by Crippen LogP contribution is 2.45. The highest BCUT2D eigenvalue weighted by molar-refractivity contribution is 7.93. The summed E-state index contributed by atoms with van der Waals surface area (Å²) in [5, 5.41) is 0. The number of likely N-dealkylation sites (tertiary alicyclic amines) is 1. The Labute approximate surface area is 151 Å². The molecule has 2 fully saturated rings. The minimum Gasteiger partial charge on any atom is -0.463 e. The third-order valence-electron chi connectivity index (χ3n) is 5.31. The summed E-state index contributed by atoms with van der Waals surface area (Å²) in [5.74, 6) is -0.0940. The summed E-state index contributed by atoms with van der Waals surface area (Å²) in [4.78, 5) is 22.0. The first-order chi connectivity index (χ1) is 12.4. The van der Waals surface area contributed by atoms with Crippen LogP contribution in [0.4, 0.5) is 0 Å². The molecule has 0 unspecified atom stereocenters. The van der Waals surface area contributed by atoms with Crippen LogP contribution in [0.5, 0.6) is 6.01 Å². The van der Waals surface area contributed by atoms with Gasteiger partial charge in [0.1, 0.15) is 4.75 Å². The van der Waals surface area contributed by atoms with Crippen LogP contribution in [0, 0.1) is 12.8 Å². The van der Waals surface area contributed by atoms with Crippen LogP contribution in [0.1, 0.15) is 22.5 Å². The first-order valence-corrected chi connectivity index (χ1v) is 10.0. The number of nitrogens with zero attached hydrogens (tertiary/aromatic N) is 3. The molecule has 8 nitrogen and oxygen atoms in total. The van der Waals surface area contributed by atoms with Gasteiger partial charge in [0.15, 0.2) is 15.6 Å². The minimum atomic E-state index is -3.29. The van der Waals surface area contributed by atoms with Gasteiger partial charge in [0.05, 0.1) is 18.6 Å². The molecule has 2 saturated heterocycles. The molecule has 26 heavy (non-hydrogen) atoms. The first kappa shape index (κ1) is 17.0. The van der Waals surface area contributed by atoms with E-state index in [1.165, 1.54) is 11.2 Å². The van der Waals surface area contributed by atoms with Gasteiger partial charge in [-0.1, -0.05) is 0 Å². The van der Waals surface area contributed by atoms with E-state index in [9.17, 15) is 13.2 Å². The molecule has 0 bridgehead atoms. The predicted octanol–water partition coefficient (Wildman–Crippen LogP) is 1.09. The van der Waals surface area contributed by atoms with Crippen LogP contribution in [0.2, 0.25) is 0 Å². The van der Waals surface area contributed by atoms with E-state index in [1.807, 2.05) is 0 Å². The quantitative estimate of drug-likeness (QED) is 0.786. The van der Waals surface area contributed by atoms with Gasteiger partial charge >= 0.3 is 6.01 Å². The Morgan fingerprint density at radius 2 is 2.12 bits per heavy atom. The monoisotopic (exact) mass is 377 g/mol. The molecule has 4 heterocycles. The van der Waals surface area contributed by atoms with Gasteiger partial charge in [-0.05, 0) is 25.5 Å². The Hall–Kier alpha value is -2.42. The first-order valence-electron chi connectivity index (χ1n) is 8.38. The number of sulfone groups is 1. The van der Waals surface area contributed by atoms with Crippen molar-refractivity contribution in [1.82, 2.24) is 14.9 Å². The molecule has 2 aromatic rings. The van der Waals surface area contributed by atoms with Crippen LogP contribution in [0.3, 0.4) is 0 Å². The van der Waals surface area contributed by atoms with Crippen molar-refractivity contribution in [2.24, 2.45) is 5.92 Å². The second kappa shape index (κ2) is 6.08. The molecule has 1 amide bonds. The summed E-state index contributed by atoms with van der Waals surface area (Å²) in [6, 6.07) is 3.62. The maximum Gasteiger partial charge on any atom is 0.316 e. The molecule has 2 aromatic heterocycles. The number of rotatable bonds is 4. The van der Waals surface area contributed by atoms with Crippen molar-refractivity contribution in [3.8, 4) is 6.01 Å². The maximum atomic E-state index is 12.7. The fourth-order valence-electron chi connectivity index (χ4n) is 3.72. The normalized spacial score (nSPS) is 23.0. The highest BCUT2D eigenvalue weighted by Gasteiger charge is 2.63. The van der Waals surface area contributed by atoms with Crippen LogP contribution < -0.4 is 4.74 Å². The van der Waals surface area contributed by atoms with Crippen molar-refractivity contribution >= 4 is 15.7 Å². The number of carbonyl (C=O) groups is 1. The molecule has 0 aromatic carbocycles. The van der Waals surface area contributed by atoms with E-state index < -0.39 is 14.6 Å². The fourth-order valence-corrected chi connectivity index (χ4v) is 6.12. The maximum absolute atomic E-state index is 12.7. The Morgan fingerprint density at radius 3 is 2.77 bits per heavy atom. The lowest BCUT2D eigenvalue weighted by Crippen LogP contribution is -2.69. The zero-order chi connectivity index (χ0) is 18.4. The molecular formula is C17H19N3O5S. The molecule has 138 valence electrons. The molecule has 0 saturated carbocycles. The molecule has 2 aliphatic rings. The number of hydrogen-bond acceptors (Lipinski definition) is 7. The average molecular weight is 377 g/mol. The molecule has 1 spiro atoms. The van der Waals surface area contributed by atoms with Gasteiger partial charge in [-0.25, -0.2) is 18.4 Å². The standard InChI is InChI=1S/C17H19N3O5S/c1-12-3-7-24-14(12)15(21)20-10-17(11-20)13(4-8-26(17,22)23)9-25-16-18-5-2-6-19-16/h2-3,5-7,13H,4,8-11H2,1H3/t13-/m0/s1. The second-order valence-electron chi connectivity index (χ2n) is 6.81. The zero-order valence-electron chi connectivity index (χ0n) is 14.3. The van der Waals surface area contributed by atoms with Gasteiger partial charge < -0.3 is 14.1 Å². The third kappa shape index (κ3) is 2.57. The van der Waals surface area contributed by atoms with Gasteiger partial charge in [-0.15, -0.1) is 0 Å². The van der Waals surface area contributed by atoms with Crippen LogP contribution in [0.15, 0.2) is 35.2 Å². The predicted molar refractivity (Wildman–Crippen MR) is 91.5 cm³/mol. The van der Waals surface area contributed by atoms with Gasteiger partial charge in [0, 0.05) is 37.0 Å². The second-order valence-corrected chi connectivity index (χ2v) is 9.26. The molecule has 1 atom stereocenters. The van der Waals surface area contributed by atoms with Crippen molar-refractivity contribution in [3.63, 3.8) is 0 Å². The van der Waals surface area contributed by atoms with Crippen molar-refractivity contribution in [1.29, 1.82) is 0 Å². The Balaban J connectivity index is 1.48. The topological polar surface area (TPSA) is 103 Å². The van der Waals surface area contributed by atoms with E-state index in [0.717, 1.165) is 5.56 Å². The van der Waals surface area contributed by atoms with E-state index in [2.05, 4.69) is 9.97 Å². The van der Waals surface area contributed by atoms with Gasteiger partial charge in [0.2, 0.25) is 0 Å². The van der Waals surface area contributed by atoms with Crippen molar-refractivity contribution in [3.05, 3.63) is 42.1 Å². The number of hydrogen-bond donors (Lipinski definition) is 0. The summed E-state index contributed by atoms with van der Waals surface area (Å²) in [6.45, 7) is 2.33. The smallest absolute Gasteiger partial charge is 0.316 e. The van der Waals surface area contributed by atoms with E-state index >= 15 is 0 Å². The number of amides is 1. The molecule has 4 rings (SSSR count). The number of furan rings is 1. The molecule has 9 heteroatoms. The van der Waals surface area contributed by atoms with E-state index in [4.69, 9.17) is 9.15 Å². The summed E-state index contributed by atoms with van der Waals surface area (Å²) >= 11 is 0. The van der Waals surface area contributed by atoms with Crippen LogP contribution in [0.25, 0.3) is 0 Å². The lowest BCUT2D eigenvalue weighted by Gasteiger charge is -2.49. The average Bonchev–Trinajstić information content (AvgIpc) is 3.12. The van der Waals surface area contributed by atoms with Gasteiger partial charge in [-0.2, -0.15) is 0 Å². The largest absolute Gasteiger partial charge is 0.463 e. The number of aryl methyl sites for hydroxylation is 1. The highest BCUT2D eigenvalue weighted by atomic mass is 32.2.